The normalized spacial score (nSPS) is 31.9. The molecule has 4 atom stereocenters. The molecule has 1 aliphatic rings. The van der Waals surface area contributed by atoms with Crippen molar-refractivity contribution in [3.8, 4) is 0 Å². The van der Waals surface area contributed by atoms with Crippen molar-refractivity contribution in [2.45, 2.75) is 33.1 Å². The second-order valence-electron chi connectivity index (χ2n) is 5.96. The Morgan fingerprint density at radius 3 is 2.50 bits per heavy atom. The first kappa shape index (κ1) is 11.7. The minimum Gasteiger partial charge on any atom is -0.256 e. The molecule has 1 saturated carbocycles. The molecule has 4 unspecified atom stereocenters. The van der Waals surface area contributed by atoms with E-state index in [1.807, 2.05) is 12.3 Å². The van der Waals surface area contributed by atoms with Crippen molar-refractivity contribution in [3.63, 3.8) is 0 Å². The van der Waals surface area contributed by atoms with Crippen LogP contribution in [0.2, 0.25) is 0 Å². The summed E-state index contributed by atoms with van der Waals surface area (Å²) in [7, 11) is 0. The van der Waals surface area contributed by atoms with Crippen LogP contribution in [0.25, 0.3) is 10.9 Å². The third kappa shape index (κ3) is 1.73. The van der Waals surface area contributed by atoms with E-state index in [2.05, 4.69) is 50.0 Å². The lowest BCUT2D eigenvalue weighted by atomic mass is 9.86. The summed E-state index contributed by atoms with van der Waals surface area (Å²) in [5, 5.41) is 1.27. The number of fused-ring (bicyclic) bond motifs is 1. The Morgan fingerprint density at radius 1 is 1.00 bits per heavy atom. The highest BCUT2D eigenvalue weighted by molar-refractivity contribution is 5.82. The molecule has 0 radical (unpaired) electrons. The standard InChI is InChI=1S/C17H21N/c1-11-10-16(13(3)12(11)2)15-8-4-6-14-7-5-9-18-17(14)15/h4-9,11-13,16H,10H2,1-3H3. The SMILES string of the molecule is CC1CC(c2cccc3cccnc23)C(C)C1C. The third-order valence-electron chi connectivity index (χ3n) is 5.05. The Hall–Kier alpha value is -1.37. The van der Waals surface area contributed by atoms with Crippen LogP contribution in [0.3, 0.4) is 0 Å². The minimum absolute atomic E-state index is 0.675. The van der Waals surface area contributed by atoms with Crippen molar-refractivity contribution in [1.82, 2.24) is 4.98 Å². The third-order valence-corrected chi connectivity index (χ3v) is 5.05. The van der Waals surface area contributed by atoms with E-state index in [1.165, 1.54) is 22.9 Å². The van der Waals surface area contributed by atoms with Gasteiger partial charge in [-0.25, -0.2) is 0 Å². The fourth-order valence-corrected chi connectivity index (χ4v) is 3.55. The number of hydrogen-bond acceptors (Lipinski definition) is 1. The highest BCUT2D eigenvalue weighted by atomic mass is 14.7. The van der Waals surface area contributed by atoms with Crippen molar-refractivity contribution in [1.29, 1.82) is 0 Å². The maximum atomic E-state index is 4.61. The van der Waals surface area contributed by atoms with Crippen LogP contribution in [0.1, 0.15) is 38.7 Å². The van der Waals surface area contributed by atoms with Crippen LogP contribution in [0, 0.1) is 17.8 Å². The number of benzene rings is 1. The van der Waals surface area contributed by atoms with Gasteiger partial charge >= 0.3 is 0 Å². The molecule has 0 bridgehead atoms. The van der Waals surface area contributed by atoms with Crippen LogP contribution >= 0.6 is 0 Å². The van der Waals surface area contributed by atoms with Crippen LogP contribution in [0.15, 0.2) is 36.5 Å². The molecule has 1 aromatic carbocycles. The molecule has 0 saturated heterocycles. The van der Waals surface area contributed by atoms with Crippen LogP contribution in [-0.2, 0) is 0 Å². The zero-order valence-corrected chi connectivity index (χ0v) is 11.4. The fourth-order valence-electron chi connectivity index (χ4n) is 3.55. The summed E-state index contributed by atoms with van der Waals surface area (Å²) in [5.41, 5.74) is 2.66. The van der Waals surface area contributed by atoms with Gasteiger partial charge in [0.2, 0.25) is 0 Å². The van der Waals surface area contributed by atoms with Crippen molar-refractivity contribution < 1.29 is 0 Å². The first-order valence-electron chi connectivity index (χ1n) is 7.02. The van der Waals surface area contributed by atoms with E-state index in [-0.39, 0.29) is 0 Å². The topological polar surface area (TPSA) is 12.9 Å². The number of hydrogen-bond donors (Lipinski definition) is 0. The Bertz CT molecular complexity index is 555. The van der Waals surface area contributed by atoms with E-state index in [9.17, 15) is 0 Å². The fraction of sp³-hybridized carbons (Fsp3) is 0.471. The average molecular weight is 239 g/mol. The van der Waals surface area contributed by atoms with Gasteiger partial charge in [-0.2, -0.15) is 0 Å². The van der Waals surface area contributed by atoms with Gasteiger partial charge in [0, 0.05) is 11.6 Å². The van der Waals surface area contributed by atoms with Gasteiger partial charge in [0.25, 0.3) is 0 Å². The van der Waals surface area contributed by atoms with Gasteiger partial charge in [0.05, 0.1) is 5.52 Å². The quantitative estimate of drug-likeness (QED) is 0.707. The Balaban J connectivity index is 2.10. The summed E-state index contributed by atoms with van der Waals surface area (Å²) in [6.07, 6.45) is 3.22. The molecule has 3 rings (SSSR count). The zero-order chi connectivity index (χ0) is 12.7. The van der Waals surface area contributed by atoms with Gasteiger partial charge in [-0.1, -0.05) is 45.0 Å². The highest BCUT2D eigenvalue weighted by Gasteiger charge is 2.36. The Morgan fingerprint density at radius 2 is 1.78 bits per heavy atom. The molecule has 0 aliphatic heterocycles. The number of para-hydroxylation sites is 1. The summed E-state index contributed by atoms with van der Waals surface area (Å²) < 4.78 is 0. The first-order chi connectivity index (χ1) is 8.68. The average Bonchev–Trinajstić information content (AvgIpc) is 2.66. The van der Waals surface area contributed by atoms with Gasteiger partial charge < -0.3 is 0 Å². The van der Waals surface area contributed by atoms with Gasteiger partial charge in [-0.15, -0.1) is 0 Å². The zero-order valence-electron chi connectivity index (χ0n) is 11.4. The molecule has 1 heterocycles. The van der Waals surface area contributed by atoms with E-state index in [4.69, 9.17) is 0 Å². The summed E-state index contributed by atoms with van der Waals surface area (Å²) in [6.45, 7) is 7.19. The molecule has 18 heavy (non-hydrogen) atoms. The Kier molecular flexibility index (Phi) is 2.85. The lowest BCUT2D eigenvalue weighted by Gasteiger charge is -2.19. The summed E-state index contributed by atoms with van der Waals surface area (Å²) in [4.78, 5) is 4.61. The van der Waals surface area contributed by atoms with Crippen molar-refractivity contribution in [2.75, 3.05) is 0 Å². The molecular formula is C17H21N. The van der Waals surface area contributed by atoms with Gasteiger partial charge in [-0.3, -0.25) is 4.98 Å². The molecule has 0 amide bonds. The van der Waals surface area contributed by atoms with E-state index in [0.29, 0.717) is 5.92 Å². The highest BCUT2D eigenvalue weighted by Crippen LogP contribution is 2.47. The molecule has 0 N–H and O–H groups in total. The summed E-state index contributed by atoms with van der Waals surface area (Å²) in [6, 6.07) is 10.8. The van der Waals surface area contributed by atoms with Crippen molar-refractivity contribution in [3.05, 3.63) is 42.1 Å². The van der Waals surface area contributed by atoms with Gasteiger partial charge in [0.1, 0.15) is 0 Å². The smallest absolute Gasteiger partial charge is 0.0736 e. The summed E-state index contributed by atoms with van der Waals surface area (Å²) >= 11 is 0. The first-order valence-corrected chi connectivity index (χ1v) is 7.02. The van der Waals surface area contributed by atoms with E-state index >= 15 is 0 Å². The lowest BCUT2D eigenvalue weighted by molar-refractivity contribution is 0.370. The van der Waals surface area contributed by atoms with Crippen LogP contribution in [-0.4, -0.2) is 4.98 Å². The van der Waals surface area contributed by atoms with E-state index in [1.54, 1.807) is 0 Å². The molecule has 1 aromatic heterocycles. The van der Waals surface area contributed by atoms with Gasteiger partial charge in [0.15, 0.2) is 0 Å². The second-order valence-corrected chi connectivity index (χ2v) is 5.96. The van der Waals surface area contributed by atoms with Gasteiger partial charge in [-0.05, 0) is 41.7 Å². The second kappa shape index (κ2) is 4.38. The predicted molar refractivity (Wildman–Crippen MR) is 76.6 cm³/mol. The van der Waals surface area contributed by atoms with Crippen LogP contribution < -0.4 is 0 Å². The number of rotatable bonds is 1. The monoisotopic (exact) mass is 239 g/mol. The number of pyridine rings is 1. The molecule has 1 fully saturated rings. The predicted octanol–water partition coefficient (Wildman–Crippen LogP) is 4.63. The molecular weight excluding hydrogens is 218 g/mol. The molecule has 0 spiro atoms. The summed E-state index contributed by atoms with van der Waals surface area (Å²) in [5.74, 6) is 3.07. The number of nitrogens with zero attached hydrogens (tertiary/aromatic N) is 1. The number of aromatic nitrogens is 1. The van der Waals surface area contributed by atoms with Crippen LogP contribution in [0.4, 0.5) is 0 Å². The molecule has 94 valence electrons. The van der Waals surface area contributed by atoms with Crippen molar-refractivity contribution in [2.24, 2.45) is 17.8 Å². The van der Waals surface area contributed by atoms with E-state index in [0.717, 1.165) is 17.8 Å². The van der Waals surface area contributed by atoms with Crippen LogP contribution in [0.5, 0.6) is 0 Å². The lowest BCUT2D eigenvalue weighted by Crippen LogP contribution is -2.09. The molecule has 1 aliphatic carbocycles. The maximum Gasteiger partial charge on any atom is 0.0736 e. The van der Waals surface area contributed by atoms with Crippen molar-refractivity contribution >= 4 is 10.9 Å². The largest absolute Gasteiger partial charge is 0.256 e. The van der Waals surface area contributed by atoms with E-state index < -0.39 is 0 Å². The molecule has 2 aromatic rings. The molecule has 1 heteroatoms. The Labute approximate surface area is 109 Å². The minimum atomic E-state index is 0.675. The molecule has 1 nitrogen and oxygen atoms in total. The maximum absolute atomic E-state index is 4.61.